The SMILES string of the molecule is COc1ccc2c(c1)C[C@H](C)N[C@H]2c1ccc(C#N)cc1. The van der Waals surface area contributed by atoms with Crippen LogP contribution in [-0.4, -0.2) is 13.2 Å². The summed E-state index contributed by atoms with van der Waals surface area (Å²) in [4.78, 5) is 0. The summed E-state index contributed by atoms with van der Waals surface area (Å²) in [5.41, 5.74) is 4.50. The molecule has 1 heterocycles. The molecule has 0 radical (unpaired) electrons. The monoisotopic (exact) mass is 278 g/mol. The van der Waals surface area contributed by atoms with Crippen molar-refractivity contribution in [2.45, 2.75) is 25.4 Å². The molecule has 0 saturated carbocycles. The minimum Gasteiger partial charge on any atom is -0.497 e. The number of ether oxygens (including phenoxy) is 1. The highest BCUT2D eigenvalue weighted by Crippen LogP contribution is 2.32. The number of methoxy groups -OCH3 is 1. The van der Waals surface area contributed by atoms with Crippen molar-refractivity contribution in [3.63, 3.8) is 0 Å². The highest BCUT2D eigenvalue weighted by Gasteiger charge is 2.25. The lowest BCUT2D eigenvalue weighted by Crippen LogP contribution is -2.37. The summed E-state index contributed by atoms with van der Waals surface area (Å²) in [6, 6.07) is 16.8. The van der Waals surface area contributed by atoms with Gasteiger partial charge in [0.05, 0.1) is 24.8 Å². The molecule has 0 spiro atoms. The molecular weight excluding hydrogens is 260 g/mol. The molecule has 3 heteroatoms. The van der Waals surface area contributed by atoms with E-state index in [9.17, 15) is 0 Å². The number of nitriles is 1. The van der Waals surface area contributed by atoms with E-state index in [0.29, 0.717) is 11.6 Å². The summed E-state index contributed by atoms with van der Waals surface area (Å²) in [7, 11) is 1.70. The summed E-state index contributed by atoms with van der Waals surface area (Å²) in [5.74, 6) is 0.904. The van der Waals surface area contributed by atoms with Gasteiger partial charge in [0.1, 0.15) is 5.75 Å². The molecule has 21 heavy (non-hydrogen) atoms. The van der Waals surface area contributed by atoms with Gasteiger partial charge in [-0.25, -0.2) is 0 Å². The van der Waals surface area contributed by atoms with E-state index >= 15 is 0 Å². The number of nitrogens with one attached hydrogen (secondary N) is 1. The van der Waals surface area contributed by atoms with Crippen molar-refractivity contribution in [3.05, 3.63) is 64.7 Å². The topological polar surface area (TPSA) is 45.0 Å². The third-order valence-corrected chi connectivity index (χ3v) is 4.01. The Hall–Kier alpha value is -2.31. The fourth-order valence-corrected chi connectivity index (χ4v) is 2.96. The molecule has 0 fully saturated rings. The lowest BCUT2D eigenvalue weighted by atomic mass is 9.87. The van der Waals surface area contributed by atoms with Gasteiger partial charge in [0.15, 0.2) is 0 Å². The van der Waals surface area contributed by atoms with Crippen LogP contribution in [0.4, 0.5) is 0 Å². The Morgan fingerprint density at radius 1 is 1.19 bits per heavy atom. The third kappa shape index (κ3) is 2.63. The molecule has 3 rings (SSSR count). The van der Waals surface area contributed by atoms with Gasteiger partial charge in [0.25, 0.3) is 0 Å². The molecular formula is C18H18N2O. The molecule has 1 aliphatic rings. The van der Waals surface area contributed by atoms with Crippen LogP contribution in [0.25, 0.3) is 0 Å². The Balaban J connectivity index is 2.02. The van der Waals surface area contributed by atoms with E-state index in [4.69, 9.17) is 10.00 Å². The van der Waals surface area contributed by atoms with Crippen molar-refractivity contribution in [2.75, 3.05) is 7.11 Å². The molecule has 0 saturated heterocycles. The van der Waals surface area contributed by atoms with Gasteiger partial charge in [-0.1, -0.05) is 18.2 Å². The average molecular weight is 278 g/mol. The van der Waals surface area contributed by atoms with E-state index in [0.717, 1.165) is 12.2 Å². The zero-order valence-corrected chi connectivity index (χ0v) is 12.3. The van der Waals surface area contributed by atoms with Crippen LogP contribution in [0.1, 0.15) is 35.2 Å². The van der Waals surface area contributed by atoms with Crippen molar-refractivity contribution in [1.82, 2.24) is 5.32 Å². The Kier molecular flexibility index (Phi) is 3.64. The first-order chi connectivity index (χ1) is 10.2. The second-order valence-electron chi connectivity index (χ2n) is 5.50. The van der Waals surface area contributed by atoms with E-state index in [2.05, 4.69) is 30.4 Å². The van der Waals surface area contributed by atoms with Gasteiger partial charge in [0, 0.05) is 6.04 Å². The van der Waals surface area contributed by atoms with Gasteiger partial charge in [-0.2, -0.15) is 5.26 Å². The molecule has 2 aromatic rings. The van der Waals surface area contributed by atoms with Crippen molar-refractivity contribution in [3.8, 4) is 11.8 Å². The number of hydrogen-bond donors (Lipinski definition) is 1. The first-order valence-corrected chi connectivity index (χ1v) is 7.14. The zero-order valence-electron chi connectivity index (χ0n) is 12.3. The van der Waals surface area contributed by atoms with Gasteiger partial charge in [-0.3, -0.25) is 0 Å². The van der Waals surface area contributed by atoms with E-state index in [-0.39, 0.29) is 6.04 Å². The average Bonchev–Trinajstić information content (AvgIpc) is 2.53. The van der Waals surface area contributed by atoms with Gasteiger partial charge < -0.3 is 10.1 Å². The second kappa shape index (κ2) is 5.59. The largest absolute Gasteiger partial charge is 0.497 e. The van der Waals surface area contributed by atoms with E-state index < -0.39 is 0 Å². The van der Waals surface area contributed by atoms with Crippen molar-refractivity contribution in [1.29, 1.82) is 5.26 Å². The summed E-state index contributed by atoms with van der Waals surface area (Å²) < 4.78 is 5.33. The van der Waals surface area contributed by atoms with Gasteiger partial charge in [-0.15, -0.1) is 0 Å². The normalized spacial score (nSPS) is 20.4. The molecule has 0 aromatic heterocycles. The first-order valence-electron chi connectivity index (χ1n) is 7.14. The molecule has 2 aromatic carbocycles. The van der Waals surface area contributed by atoms with Crippen LogP contribution in [0.15, 0.2) is 42.5 Å². The number of hydrogen-bond acceptors (Lipinski definition) is 3. The third-order valence-electron chi connectivity index (χ3n) is 4.01. The Morgan fingerprint density at radius 3 is 2.62 bits per heavy atom. The molecule has 2 atom stereocenters. The zero-order chi connectivity index (χ0) is 14.8. The molecule has 0 unspecified atom stereocenters. The molecule has 1 aliphatic heterocycles. The Morgan fingerprint density at radius 2 is 1.95 bits per heavy atom. The van der Waals surface area contributed by atoms with Crippen molar-refractivity contribution >= 4 is 0 Å². The van der Waals surface area contributed by atoms with Crippen LogP contribution in [0, 0.1) is 11.3 Å². The number of fused-ring (bicyclic) bond motifs is 1. The molecule has 0 aliphatic carbocycles. The molecule has 1 N–H and O–H groups in total. The highest BCUT2D eigenvalue weighted by atomic mass is 16.5. The van der Waals surface area contributed by atoms with Crippen LogP contribution in [0.3, 0.4) is 0 Å². The molecule has 106 valence electrons. The van der Waals surface area contributed by atoms with E-state index in [1.165, 1.54) is 16.7 Å². The van der Waals surface area contributed by atoms with Gasteiger partial charge >= 0.3 is 0 Å². The predicted octanol–water partition coefficient (Wildman–Crippen LogP) is 3.19. The smallest absolute Gasteiger partial charge is 0.119 e. The van der Waals surface area contributed by atoms with Gasteiger partial charge in [-0.05, 0) is 54.3 Å². The summed E-state index contributed by atoms with van der Waals surface area (Å²) in [6.45, 7) is 2.19. The minimum atomic E-state index is 0.169. The standard InChI is InChI=1S/C18H18N2O/c1-12-9-15-10-16(21-2)7-8-17(15)18(20-12)14-5-3-13(11-19)4-6-14/h3-8,10,12,18,20H,9H2,1-2H3/t12-,18-/m0/s1. The molecule has 0 bridgehead atoms. The minimum absolute atomic E-state index is 0.169. The number of benzene rings is 2. The maximum atomic E-state index is 8.92. The van der Waals surface area contributed by atoms with Crippen LogP contribution in [0.5, 0.6) is 5.75 Å². The maximum Gasteiger partial charge on any atom is 0.119 e. The quantitative estimate of drug-likeness (QED) is 0.917. The molecule has 3 nitrogen and oxygen atoms in total. The van der Waals surface area contributed by atoms with E-state index in [1.54, 1.807) is 7.11 Å². The van der Waals surface area contributed by atoms with Crippen LogP contribution >= 0.6 is 0 Å². The maximum absolute atomic E-state index is 8.92. The fraction of sp³-hybridized carbons (Fsp3) is 0.278. The lowest BCUT2D eigenvalue weighted by Gasteiger charge is -2.32. The van der Waals surface area contributed by atoms with Gasteiger partial charge in [0.2, 0.25) is 0 Å². The van der Waals surface area contributed by atoms with Crippen LogP contribution < -0.4 is 10.1 Å². The van der Waals surface area contributed by atoms with Crippen LogP contribution in [-0.2, 0) is 6.42 Å². The Bertz CT molecular complexity index is 685. The first kappa shape index (κ1) is 13.7. The van der Waals surface area contributed by atoms with Crippen LogP contribution in [0.2, 0.25) is 0 Å². The second-order valence-corrected chi connectivity index (χ2v) is 5.50. The number of rotatable bonds is 2. The lowest BCUT2D eigenvalue weighted by molar-refractivity contribution is 0.410. The number of nitrogens with zero attached hydrogens (tertiary/aromatic N) is 1. The summed E-state index contributed by atoms with van der Waals surface area (Å²) in [6.07, 6.45) is 0.999. The summed E-state index contributed by atoms with van der Waals surface area (Å²) in [5, 5.41) is 12.6. The summed E-state index contributed by atoms with van der Waals surface area (Å²) >= 11 is 0. The predicted molar refractivity (Wildman–Crippen MR) is 82.3 cm³/mol. The highest BCUT2D eigenvalue weighted by molar-refractivity contribution is 5.45. The van der Waals surface area contributed by atoms with E-state index in [1.807, 2.05) is 30.3 Å². The molecule has 0 amide bonds. The Labute approximate surface area is 125 Å². The van der Waals surface area contributed by atoms with Crippen molar-refractivity contribution < 1.29 is 4.74 Å². The van der Waals surface area contributed by atoms with Crippen molar-refractivity contribution in [2.24, 2.45) is 0 Å². The fourth-order valence-electron chi connectivity index (χ4n) is 2.96.